The molecule has 2 rings (SSSR count). The summed E-state index contributed by atoms with van der Waals surface area (Å²) in [5, 5.41) is 8.97. The minimum absolute atomic E-state index is 0.0517. The number of nitrogens with zero attached hydrogens (tertiary/aromatic N) is 1. The summed E-state index contributed by atoms with van der Waals surface area (Å²) >= 11 is 0. The van der Waals surface area contributed by atoms with E-state index in [0.717, 1.165) is 12.8 Å². The molecule has 1 aromatic carbocycles. The molecule has 3 nitrogen and oxygen atoms in total. The van der Waals surface area contributed by atoms with Crippen molar-refractivity contribution in [2.24, 2.45) is 0 Å². The number of β-amino-alcohol motifs (C(OH)–C–C–N with tert-alkyl or cyclic N) is 1. The fraction of sp³-hybridized carbons (Fsp3) is 0.500. The SMILES string of the molecule is Cc1ccc(CC2CCC(=O)N2CCO)cc1. The van der Waals surface area contributed by atoms with Gasteiger partial charge in [-0.3, -0.25) is 4.79 Å². The minimum atomic E-state index is 0.0517. The highest BCUT2D eigenvalue weighted by Crippen LogP contribution is 2.22. The summed E-state index contributed by atoms with van der Waals surface area (Å²) in [6.07, 6.45) is 2.43. The Morgan fingerprint density at radius 2 is 2.06 bits per heavy atom. The molecule has 1 aliphatic heterocycles. The number of aryl methyl sites for hydroxylation is 1. The van der Waals surface area contributed by atoms with Gasteiger partial charge in [0.2, 0.25) is 5.91 Å². The first-order valence-electron chi connectivity index (χ1n) is 6.16. The van der Waals surface area contributed by atoms with Crippen LogP contribution in [0.2, 0.25) is 0 Å². The van der Waals surface area contributed by atoms with Gasteiger partial charge >= 0.3 is 0 Å². The zero-order chi connectivity index (χ0) is 12.3. The largest absolute Gasteiger partial charge is 0.395 e. The van der Waals surface area contributed by atoms with Gasteiger partial charge in [-0.1, -0.05) is 29.8 Å². The predicted molar refractivity (Wildman–Crippen MR) is 66.7 cm³/mol. The number of aliphatic hydroxyl groups excluding tert-OH is 1. The molecular weight excluding hydrogens is 214 g/mol. The maximum Gasteiger partial charge on any atom is 0.222 e. The Labute approximate surface area is 102 Å². The van der Waals surface area contributed by atoms with E-state index in [1.807, 2.05) is 4.90 Å². The molecule has 1 amide bonds. The van der Waals surface area contributed by atoms with Gasteiger partial charge in [0, 0.05) is 19.0 Å². The Bertz CT molecular complexity index is 386. The Kier molecular flexibility index (Phi) is 3.79. The number of hydrogen-bond acceptors (Lipinski definition) is 2. The van der Waals surface area contributed by atoms with Crippen LogP contribution in [-0.2, 0) is 11.2 Å². The molecule has 1 N–H and O–H groups in total. The molecule has 0 aliphatic carbocycles. The standard InChI is InChI=1S/C14H19NO2/c1-11-2-4-12(5-3-11)10-13-6-7-14(17)15(13)8-9-16/h2-5,13,16H,6-10H2,1H3. The van der Waals surface area contributed by atoms with E-state index in [2.05, 4.69) is 31.2 Å². The van der Waals surface area contributed by atoms with Crippen molar-refractivity contribution in [3.63, 3.8) is 0 Å². The maximum absolute atomic E-state index is 11.6. The number of carbonyl (C=O) groups excluding carboxylic acids is 1. The van der Waals surface area contributed by atoms with Crippen molar-refractivity contribution < 1.29 is 9.90 Å². The van der Waals surface area contributed by atoms with Crippen molar-refractivity contribution in [1.82, 2.24) is 4.90 Å². The first-order chi connectivity index (χ1) is 8.20. The molecule has 1 aromatic rings. The second-order valence-electron chi connectivity index (χ2n) is 4.69. The molecule has 92 valence electrons. The van der Waals surface area contributed by atoms with E-state index in [-0.39, 0.29) is 18.6 Å². The van der Waals surface area contributed by atoms with Crippen molar-refractivity contribution in [3.05, 3.63) is 35.4 Å². The first kappa shape index (κ1) is 12.1. The lowest BCUT2D eigenvalue weighted by Gasteiger charge is -2.24. The highest BCUT2D eigenvalue weighted by Gasteiger charge is 2.30. The van der Waals surface area contributed by atoms with E-state index in [9.17, 15) is 4.79 Å². The quantitative estimate of drug-likeness (QED) is 0.856. The fourth-order valence-electron chi connectivity index (χ4n) is 2.42. The monoisotopic (exact) mass is 233 g/mol. The Morgan fingerprint density at radius 3 is 2.71 bits per heavy atom. The summed E-state index contributed by atoms with van der Waals surface area (Å²) < 4.78 is 0. The number of aliphatic hydroxyl groups is 1. The summed E-state index contributed by atoms with van der Waals surface area (Å²) in [5.41, 5.74) is 2.52. The van der Waals surface area contributed by atoms with Gasteiger partial charge in [-0.15, -0.1) is 0 Å². The number of hydrogen-bond donors (Lipinski definition) is 1. The Morgan fingerprint density at radius 1 is 1.35 bits per heavy atom. The third-order valence-electron chi connectivity index (χ3n) is 3.39. The zero-order valence-corrected chi connectivity index (χ0v) is 10.2. The van der Waals surface area contributed by atoms with Gasteiger partial charge in [0.25, 0.3) is 0 Å². The van der Waals surface area contributed by atoms with Gasteiger partial charge in [0.05, 0.1) is 6.61 Å². The second kappa shape index (κ2) is 5.32. The van der Waals surface area contributed by atoms with E-state index in [0.29, 0.717) is 13.0 Å². The molecule has 0 bridgehead atoms. The predicted octanol–water partition coefficient (Wildman–Crippen LogP) is 1.52. The molecule has 1 unspecified atom stereocenters. The van der Waals surface area contributed by atoms with Crippen molar-refractivity contribution in [1.29, 1.82) is 0 Å². The Hall–Kier alpha value is -1.35. The van der Waals surface area contributed by atoms with Gasteiger partial charge in [-0.05, 0) is 25.3 Å². The first-order valence-corrected chi connectivity index (χ1v) is 6.16. The average molecular weight is 233 g/mol. The Balaban J connectivity index is 2.02. The van der Waals surface area contributed by atoms with Crippen molar-refractivity contribution in [2.45, 2.75) is 32.2 Å². The van der Waals surface area contributed by atoms with Crippen LogP contribution in [0.3, 0.4) is 0 Å². The van der Waals surface area contributed by atoms with Crippen LogP contribution in [0.15, 0.2) is 24.3 Å². The van der Waals surface area contributed by atoms with Crippen LogP contribution in [0.4, 0.5) is 0 Å². The fourth-order valence-corrected chi connectivity index (χ4v) is 2.42. The lowest BCUT2D eigenvalue weighted by Crippen LogP contribution is -2.36. The van der Waals surface area contributed by atoms with Crippen molar-refractivity contribution >= 4 is 5.91 Å². The highest BCUT2D eigenvalue weighted by atomic mass is 16.3. The van der Waals surface area contributed by atoms with Gasteiger partial charge < -0.3 is 10.0 Å². The second-order valence-corrected chi connectivity index (χ2v) is 4.69. The summed E-state index contributed by atoms with van der Waals surface area (Å²) in [7, 11) is 0. The molecule has 0 aromatic heterocycles. The van der Waals surface area contributed by atoms with E-state index in [1.165, 1.54) is 11.1 Å². The molecule has 0 radical (unpaired) electrons. The molecule has 17 heavy (non-hydrogen) atoms. The van der Waals surface area contributed by atoms with Crippen molar-refractivity contribution in [2.75, 3.05) is 13.2 Å². The summed E-state index contributed by atoms with van der Waals surface area (Å²) in [4.78, 5) is 13.5. The topological polar surface area (TPSA) is 40.5 Å². The number of benzene rings is 1. The number of carbonyl (C=O) groups is 1. The average Bonchev–Trinajstić information content (AvgIpc) is 2.65. The zero-order valence-electron chi connectivity index (χ0n) is 10.2. The molecule has 3 heteroatoms. The molecule has 1 heterocycles. The van der Waals surface area contributed by atoms with Crippen LogP contribution >= 0.6 is 0 Å². The van der Waals surface area contributed by atoms with Gasteiger partial charge in [-0.25, -0.2) is 0 Å². The van der Waals surface area contributed by atoms with E-state index >= 15 is 0 Å². The van der Waals surface area contributed by atoms with Crippen LogP contribution in [0.25, 0.3) is 0 Å². The molecule has 1 aliphatic rings. The summed E-state index contributed by atoms with van der Waals surface area (Å²) in [6.45, 7) is 2.59. The highest BCUT2D eigenvalue weighted by molar-refractivity contribution is 5.78. The third-order valence-corrected chi connectivity index (χ3v) is 3.39. The molecule has 1 fully saturated rings. The number of rotatable bonds is 4. The molecule has 1 saturated heterocycles. The summed E-state index contributed by atoms with van der Waals surface area (Å²) in [5.74, 6) is 0.177. The van der Waals surface area contributed by atoms with Gasteiger partial charge in [0.1, 0.15) is 0 Å². The minimum Gasteiger partial charge on any atom is -0.395 e. The van der Waals surface area contributed by atoms with Crippen LogP contribution in [-0.4, -0.2) is 35.1 Å². The molecule has 0 spiro atoms. The van der Waals surface area contributed by atoms with Crippen LogP contribution < -0.4 is 0 Å². The van der Waals surface area contributed by atoms with E-state index in [4.69, 9.17) is 5.11 Å². The molecular formula is C14H19NO2. The van der Waals surface area contributed by atoms with E-state index in [1.54, 1.807) is 0 Å². The van der Waals surface area contributed by atoms with Gasteiger partial charge in [-0.2, -0.15) is 0 Å². The smallest absolute Gasteiger partial charge is 0.222 e. The molecule has 0 saturated carbocycles. The number of likely N-dealkylation sites (tertiary alicyclic amines) is 1. The van der Waals surface area contributed by atoms with E-state index < -0.39 is 0 Å². The third kappa shape index (κ3) is 2.86. The lowest BCUT2D eigenvalue weighted by molar-refractivity contribution is -0.129. The number of amides is 1. The normalized spacial score (nSPS) is 20.0. The summed E-state index contributed by atoms with van der Waals surface area (Å²) in [6, 6.07) is 8.70. The van der Waals surface area contributed by atoms with Crippen LogP contribution in [0, 0.1) is 6.92 Å². The lowest BCUT2D eigenvalue weighted by atomic mass is 10.0. The van der Waals surface area contributed by atoms with Gasteiger partial charge in [0.15, 0.2) is 0 Å². The molecule has 1 atom stereocenters. The van der Waals surface area contributed by atoms with Crippen molar-refractivity contribution in [3.8, 4) is 0 Å². The maximum atomic E-state index is 11.6. The van der Waals surface area contributed by atoms with Crippen LogP contribution in [0.1, 0.15) is 24.0 Å². The van der Waals surface area contributed by atoms with Crippen LogP contribution in [0.5, 0.6) is 0 Å².